The van der Waals surface area contributed by atoms with E-state index >= 15 is 0 Å². The van der Waals surface area contributed by atoms with Crippen molar-refractivity contribution in [2.45, 2.75) is 45.6 Å². The number of nitrogens with zero attached hydrogens (tertiary/aromatic N) is 2. The van der Waals surface area contributed by atoms with Crippen LogP contribution in [-0.2, 0) is 6.42 Å². The molecule has 5 heteroatoms. The highest BCUT2D eigenvalue weighted by Crippen LogP contribution is 2.41. The first-order valence-corrected chi connectivity index (χ1v) is 8.72. The maximum Gasteiger partial charge on any atom is 0.264 e. The molecule has 24 heavy (non-hydrogen) atoms. The summed E-state index contributed by atoms with van der Waals surface area (Å²) in [5.41, 5.74) is 3.23. The van der Waals surface area contributed by atoms with E-state index in [1.54, 1.807) is 18.3 Å². The standard InChI is InChI=1S/C19H21ClF2N2/c1-3-12(2)24-8-4-5-13-9-15(14-6-7-23-11-17(14)20)16(19(21)22)10-18(13)24/h6-7,9-12,19H,3-5,8H2,1-2H3. The minimum atomic E-state index is -2.55. The minimum Gasteiger partial charge on any atom is -0.369 e. The number of pyridine rings is 1. The van der Waals surface area contributed by atoms with Crippen LogP contribution >= 0.6 is 11.6 Å². The van der Waals surface area contributed by atoms with Crippen LogP contribution in [0.25, 0.3) is 11.1 Å². The van der Waals surface area contributed by atoms with Crippen molar-refractivity contribution in [2.24, 2.45) is 0 Å². The summed E-state index contributed by atoms with van der Waals surface area (Å²) in [6.45, 7) is 5.18. The lowest BCUT2D eigenvalue weighted by atomic mass is 9.91. The van der Waals surface area contributed by atoms with E-state index in [4.69, 9.17) is 11.6 Å². The number of rotatable bonds is 4. The second-order valence-corrected chi connectivity index (χ2v) is 6.69. The number of aromatic nitrogens is 1. The Morgan fingerprint density at radius 2 is 2.08 bits per heavy atom. The topological polar surface area (TPSA) is 16.1 Å². The fraction of sp³-hybridized carbons (Fsp3) is 0.421. The molecule has 2 heterocycles. The van der Waals surface area contributed by atoms with Gasteiger partial charge in [0.15, 0.2) is 0 Å². The van der Waals surface area contributed by atoms with Gasteiger partial charge in [0.05, 0.1) is 5.02 Å². The molecule has 1 aromatic heterocycles. The van der Waals surface area contributed by atoms with Crippen molar-refractivity contribution in [3.63, 3.8) is 0 Å². The Morgan fingerprint density at radius 3 is 2.75 bits per heavy atom. The van der Waals surface area contributed by atoms with Gasteiger partial charge in [-0.2, -0.15) is 0 Å². The number of hydrogen-bond donors (Lipinski definition) is 0. The molecule has 128 valence electrons. The van der Waals surface area contributed by atoms with Gasteiger partial charge in [0, 0.05) is 41.8 Å². The molecule has 1 aliphatic heterocycles. The zero-order valence-electron chi connectivity index (χ0n) is 13.9. The van der Waals surface area contributed by atoms with Crippen LogP contribution in [0.2, 0.25) is 5.02 Å². The lowest BCUT2D eigenvalue weighted by Gasteiger charge is -2.37. The number of alkyl halides is 2. The van der Waals surface area contributed by atoms with Crippen molar-refractivity contribution in [1.29, 1.82) is 0 Å². The maximum absolute atomic E-state index is 13.7. The maximum atomic E-state index is 13.7. The van der Waals surface area contributed by atoms with Crippen LogP contribution in [0.4, 0.5) is 14.5 Å². The predicted molar refractivity (Wildman–Crippen MR) is 95.1 cm³/mol. The smallest absolute Gasteiger partial charge is 0.264 e. The van der Waals surface area contributed by atoms with E-state index in [0.717, 1.165) is 37.1 Å². The van der Waals surface area contributed by atoms with Crippen LogP contribution in [-0.4, -0.2) is 17.6 Å². The Hall–Kier alpha value is -1.68. The molecule has 0 saturated carbocycles. The normalized spacial score (nSPS) is 15.5. The molecule has 2 aromatic rings. The number of halogens is 3. The molecular weight excluding hydrogens is 330 g/mol. The fourth-order valence-electron chi connectivity index (χ4n) is 3.36. The quantitative estimate of drug-likeness (QED) is 0.683. The van der Waals surface area contributed by atoms with E-state index in [-0.39, 0.29) is 5.56 Å². The van der Waals surface area contributed by atoms with E-state index < -0.39 is 6.43 Å². The Balaban J connectivity index is 2.17. The summed E-state index contributed by atoms with van der Waals surface area (Å²) in [6.07, 6.45) is 3.46. The molecule has 1 aromatic carbocycles. The molecule has 1 aliphatic rings. The second kappa shape index (κ2) is 7.06. The summed E-state index contributed by atoms with van der Waals surface area (Å²) in [6, 6.07) is 5.60. The van der Waals surface area contributed by atoms with Gasteiger partial charge in [0.1, 0.15) is 0 Å². The lowest BCUT2D eigenvalue weighted by Crippen LogP contribution is -2.37. The Labute approximate surface area is 146 Å². The van der Waals surface area contributed by atoms with Gasteiger partial charge >= 0.3 is 0 Å². The fourth-order valence-corrected chi connectivity index (χ4v) is 3.58. The highest BCUT2D eigenvalue weighted by Gasteiger charge is 2.25. The number of fused-ring (bicyclic) bond motifs is 1. The van der Waals surface area contributed by atoms with Crippen LogP contribution in [0, 0.1) is 0 Å². The summed E-state index contributed by atoms with van der Waals surface area (Å²) in [7, 11) is 0. The van der Waals surface area contributed by atoms with Crippen molar-refractivity contribution in [2.75, 3.05) is 11.4 Å². The third-order valence-corrected chi connectivity index (χ3v) is 5.13. The van der Waals surface area contributed by atoms with Crippen LogP contribution in [0.15, 0.2) is 30.6 Å². The average Bonchev–Trinajstić information content (AvgIpc) is 2.59. The van der Waals surface area contributed by atoms with Crippen molar-refractivity contribution in [3.05, 3.63) is 46.7 Å². The number of hydrogen-bond acceptors (Lipinski definition) is 2. The van der Waals surface area contributed by atoms with Crippen molar-refractivity contribution in [1.82, 2.24) is 4.98 Å². The van der Waals surface area contributed by atoms with Gasteiger partial charge in [-0.3, -0.25) is 4.98 Å². The van der Waals surface area contributed by atoms with Crippen LogP contribution < -0.4 is 4.90 Å². The molecule has 3 rings (SSSR count). The van der Waals surface area contributed by atoms with Crippen molar-refractivity contribution in [3.8, 4) is 11.1 Å². The predicted octanol–water partition coefficient (Wildman–Crippen LogP) is 5.89. The van der Waals surface area contributed by atoms with Gasteiger partial charge in [-0.25, -0.2) is 8.78 Å². The molecule has 0 saturated heterocycles. The highest BCUT2D eigenvalue weighted by molar-refractivity contribution is 6.33. The Bertz CT molecular complexity index is 733. The number of benzene rings is 1. The molecule has 1 unspecified atom stereocenters. The Kier molecular flexibility index (Phi) is 5.04. The third-order valence-electron chi connectivity index (χ3n) is 4.83. The number of anilines is 1. The third kappa shape index (κ3) is 3.12. The highest BCUT2D eigenvalue weighted by atomic mass is 35.5. The molecule has 0 radical (unpaired) electrons. The van der Waals surface area contributed by atoms with Gasteiger partial charge in [0.2, 0.25) is 0 Å². The van der Waals surface area contributed by atoms with Gasteiger partial charge in [-0.15, -0.1) is 0 Å². The van der Waals surface area contributed by atoms with Crippen LogP contribution in [0.5, 0.6) is 0 Å². The molecule has 0 spiro atoms. The Morgan fingerprint density at radius 1 is 1.29 bits per heavy atom. The zero-order chi connectivity index (χ0) is 17.3. The average molecular weight is 351 g/mol. The van der Waals surface area contributed by atoms with Crippen molar-refractivity contribution >= 4 is 17.3 Å². The second-order valence-electron chi connectivity index (χ2n) is 6.28. The molecule has 2 nitrogen and oxygen atoms in total. The van der Waals surface area contributed by atoms with E-state index in [1.807, 2.05) is 6.07 Å². The summed E-state index contributed by atoms with van der Waals surface area (Å²) >= 11 is 6.20. The van der Waals surface area contributed by atoms with Gasteiger partial charge in [-0.1, -0.05) is 18.5 Å². The SMILES string of the molecule is CCC(C)N1CCCc2cc(-c3ccncc3Cl)c(C(F)F)cc21. The zero-order valence-corrected chi connectivity index (χ0v) is 14.7. The first-order chi connectivity index (χ1) is 11.5. The minimum absolute atomic E-state index is 0.0389. The first kappa shape index (κ1) is 17.2. The van der Waals surface area contributed by atoms with E-state index in [9.17, 15) is 8.78 Å². The number of aryl methyl sites for hydroxylation is 1. The first-order valence-electron chi connectivity index (χ1n) is 8.34. The summed E-state index contributed by atoms with van der Waals surface area (Å²) in [4.78, 5) is 6.20. The van der Waals surface area contributed by atoms with Gasteiger partial charge < -0.3 is 4.90 Å². The van der Waals surface area contributed by atoms with Crippen molar-refractivity contribution < 1.29 is 8.78 Å². The van der Waals surface area contributed by atoms with Crippen LogP contribution in [0.1, 0.15) is 44.2 Å². The molecule has 0 bridgehead atoms. The van der Waals surface area contributed by atoms with E-state index in [1.165, 1.54) is 6.20 Å². The lowest BCUT2D eigenvalue weighted by molar-refractivity contribution is 0.152. The van der Waals surface area contributed by atoms with Crippen LogP contribution in [0.3, 0.4) is 0 Å². The summed E-state index contributed by atoms with van der Waals surface area (Å²) < 4.78 is 27.5. The van der Waals surface area contributed by atoms with E-state index in [2.05, 4.69) is 23.7 Å². The molecule has 0 aliphatic carbocycles. The van der Waals surface area contributed by atoms with E-state index in [0.29, 0.717) is 22.2 Å². The molecule has 0 N–H and O–H groups in total. The summed E-state index contributed by atoms with van der Waals surface area (Å²) in [5, 5.41) is 0.397. The monoisotopic (exact) mass is 350 g/mol. The van der Waals surface area contributed by atoms with Gasteiger partial charge in [-0.05, 0) is 55.5 Å². The van der Waals surface area contributed by atoms with Gasteiger partial charge in [0.25, 0.3) is 6.43 Å². The summed E-state index contributed by atoms with van der Waals surface area (Å²) in [5.74, 6) is 0. The largest absolute Gasteiger partial charge is 0.369 e. The molecule has 1 atom stereocenters. The molecular formula is C19H21ClF2N2. The molecule has 0 fully saturated rings. The molecule has 0 amide bonds.